The van der Waals surface area contributed by atoms with Crippen LogP contribution in [0.1, 0.15) is 36.2 Å². The van der Waals surface area contributed by atoms with Gasteiger partial charge in [-0.1, -0.05) is 13.8 Å². The molecular formula is C13H20N4S. The smallest absolute Gasteiger partial charge is 0.0951 e. The Morgan fingerprint density at radius 2 is 2.22 bits per heavy atom. The van der Waals surface area contributed by atoms with Crippen molar-refractivity contribution in [2.75, 3.05) is 6.54 Å². The van der Waals surface area contributed by atoms with Gasteiger partial charge in [-0.3, -0.25) is 0 Å². The number of nitrogens with zero attached hydrogens (tertiary/aromatic N) is 3. The molecule has 5 heteroatoms. The number of rotatable bonds is 5. The molecule has 1 atom stereocenters. The maximum Gasteiger partial charge on any atom is 0.0951 e. The van der Waals surface area contributed by atoms with Gasteiger partial charge in [-0.05, 0) is 12.8 Å². The minimum absolute atomic E-state index is 0.354. The van der Waals surface area contributed by atoms with Crippen molar-refractivity contribution in [2.24, 2.45) is 11.7 Å². The van der Waals surface area contributed by atoms with E-state index < -0.39 is 0 Å². The van der Waals surface area contributed by atoms with Crippen LogP contribution >= 0.6 is 11.3 Å². The second-order valence-corrected chi connectivity index (χ2v) is 5.95. The Labute approximate surface area is 112 Å². The minimum atomic E-state index is 0.354. The summed E-state index contributed by atoms with van der Waals surface area (Å²) in [6.45, 7) is 7.85. The normalized spacial score (nSPS) is 13.2. The number of imidazole rings is 1. The monoisotopic (exact) mass is 264 g/mol. The summed E-state index contributed by atoms with van der Waals surface area (Å²) in [6, 6.07) is 0. The Morgan fingerprint density at radius 3 is 2.78 bits per heavy atom. The molecule has 0 amide bonds. The van der Waals surface area contributed by atoms with Crippen LogP contribution in [0, 0.1) is 12.8 Å². The fraction of sp³-hybridized carbons (Fsp3) is 0.538. The third-order valence-corrected chi connectivity index (χ3v) is 4.00. The molecule has 98 valence electrons. The van der Waals surface area contributed by atoms with Crippen molar-refractivity contribution in [2.45, 2.75) is 33.2 Å². The van der Waals surface area contributed by atoms with Gasteiger partial charge in [0.2, 0.25) is 0 Å². The van der Waals surface area contributed by atoms with Crippen LogP contribution in [0.15, 0.2) is 17.9 Å². The lowest BCUT2D eigenvalue weighted by molar-refractivity contribution is 0.477. The molecule has 2 heterocycles. The summed E-state index contributed by atoms with van der Waals surface area (Å²) in [4.78, 5) is 8.75. The summed E-state index contributed by atoms with van der Waals surface area (Å²) in [5, 5.41) is 3.21. The number of thiazole rings is 1. The fourth-order valence-corrected chi connectivity index (χ4v) is 2.77. The molecule has 0 radical (unpaired) electrons. The molecule has 0 spiro atoms. The highest BCUT2D eigenvalue weighted by Gasteiger charge is 2.18. The quantitative estimate of drug-likeness (QED) is 0.902. The summed E-state index contributed by atoms with van der Waals surface area (Å²) >= 11 is 1.68. The van der Waals surface area contributed by atoms with Crippen molar-refractivity contribution in [1.29, 1.82) is 0 Å². The summed E-state index contributed by atoms with van der Waals surface area (Å²) in [7, 11) is 0. The lowest BCUT2D eigenvalue weighted by Crippen LogP contribution is -2.21. The van der Waals surface area contributed by atoms with E-state index in [-0.39, 0.29) is 0 Å². The molecule has 2 N–H and O–H groups in total. The van der Waals surface area contributed by atoms with Gasteiger partial charge in [-0.2, -0.15) is 0 Å². The van der Waals surface area contributed by atoms with Gasteiger partial charge >= 0.3 is 0 Å². The van der Waals surface area contributed by atoms with Gasteiger partial charge in [-0.25, -0.2) is 9.97 Å². The van der Waals surface area contributed by atoms with E-state index in [9.17, 15) is 0 Å². The average Bonchev–Trinajstić information content (AvgIpc) is 2.90. The fourth-order valence-electron chi connectivity index (χ4n) is 2.16. The van der Waals surface area contributed by atoms with Crippen LogP contribution in [0.3, 0.4) is 0 Å². The molecular weight excluding hydrogens is 244 g/mol. The van der Waals surface area contributed by atoms with Crippen LogP contribution < -0.4 is 5.73 Å². The molecule has 4 nitrogen and oxygen atoms in total. The Balaban J connectivity index is 2.22. The topological polar surface area (TPSA) is 56.7 Å². The first-order valence-corrected chi connectivity index (χ1v) is 7.11. The summed E-state index contributed by atoms with van der Waals surface area (Å²) in [6.07, 6.45) is 3.80. The van der Waals surface area contributed by atoms with E-state index in [1.54, 1.807) is 11.3 Å². The second-order valence-electron chi connectivity index (χ2n) is 4.89. The van der Waals surface area contributed by atoms with Crippen molar-refractivity contribution < 1.29 is 0 Å². The SMILES string of the molecule is Cc1nc(Cn2cncc2C(CN)C(C)C)cs1. The van der Waals surface area contributed by atoms with E-state index >= 15 is 0 Å². The maximum atomic E-state index is 5.88. The van der Waals surface area contributed by atoms with Crippen molar-refractivity contribution in [3.63, 3.8) is 0 Å². The van der Waals surface area contributed by atoms with Crippen LogP contribution in [-0.2, 0) is 6.54 Å². The Hall–Kier alpha value is -1.20. The lowest BCUT2D eigenvalue weighted by Gasteiger charge is -2.20. The van der Waals surface area contributed by atoms with E-state index in [0.29, 0.717) is 18.4 Å². The molecule has 2 aromatic rings. The molecule has 0 aliphatic heterocycles. The molecule has 0 aliphatic carbocycles. The molecule has 0 aromatic carbocycles. The molecule has 18 heavy (non-hydrogen) atoms. The van der Waals surface area contributed by atoms with Gasteiger partial charge in [-0.15, -0.1) is 11.3 Å². The van der Waals surface area contributed by atoms with Crippen LogP contribution in [0.2, 0.25) is 0 Å². The third-order valence-electron chi connectivity index (χ3n) is 3.18. The first kappa shape index (κ1) is 13.2. The van der Waals surface area contributed by atoms with E-state index in [4.69, 9.17) is 5.73 Å². The largest absolute Gasteiger partial charge is 0.330 e. The Morgan fingerprint density at radius 1 is 1.44 bits per heavy atom. The van der Waals surface area contributed by atoms with Gasteiger partial charge < -0.3 is 10.3 Å². The molecule has 2 rings (SSSR count). The highest BCUT2D eigenvalue weighted by atomic mass is 32.1. The number of hydrogen-bond donors (Lipinski definition) is 1. The van der Waals surface area contributed by atoms with E-state index in [2.05, 4.69) is 33.8 Å². The van der Waals surface area contributed by atoms with Crippen molar-refractivity contribution in [1.82, 2.24) is 14.5 Å². The Kier molecular flexibility index (Phi) is 4.14. The summed E-state index contributed by atoms with van der Waals surface area (Å²) < 4.78 is 2.16. The number of hydrogen-bond acceptors (Lipinski definition) is 4. The van der Waals surface area contributed by atoms with E-state index in [1.807, 2.05) is 19.4 Å². The second kappa shape index (κ2) is 5.63. The highest BCUT2D eigenvalue weighted by Crippen LogP contribution is 2.23. The van der Waals surface area contributed by atoms with Crippen LogP contribution in [0.4, 0.5) is 0 Å². The average molecular weight is 264 g/mol. The van der Waals surface area contributed by atoms with Gasteiger partial charge in [0.05, 0.1) is 23.6 Å². The molecule has 0 aliphatic rings. The summed E-state index contributed by atoms with van der Waals surface area (Å²) in [5.74, 6) is 0.870. The molecule has 1 unspecified atom stereocenters. The Bertz CT molecular complexity index is 501. The maximum absolute atomic E-state index is 5.88. The van der Waals surface area contributed by atoms with E-state index in [1.165, 1.54) is 5.69 Å². The van der Waals surface area contributed by atoms with E-state index in [0.717, 1.165) is 17.2 Å². The summed E-state index contributed by atoms with van der Waals surface area (Å²) in [5.41, 5.74) is 8.18. The van der Waals surface area contributed by atoms with Crippen LogP contribution in [0.25, 0.3) is 0 Å². The zero-order chi connectivity index (χ0) is 13.1. The molecule has 0 saturated heterocycles. The predicted octanol–water partition coefficient (Wildman–Crippen LogP) is 2.39. The molecule has 2 aromatic heterocycles. The standard InChI is InChI=1S/C13H20N4S/c1-9(2)12(4-14)13-5-15-8-17(13)6-11-7-18-10(3)16-11/h5,7-9,12H,4,6,14H2,1-3H3. The first-order valence-electron chi connectivity index (χ1n) is 6.23. The van der Waals surface area contributed by atoms with Crippen molar-refractivity contribution in [3.05, 3.63) is 34.3 Å². The highest BCUT2D eigenvalue weighted by molar-refractivity contribution is 7.09. The lowest BCUT2D eigenvalue weighted by atomic mass is 9.93. The first-order chi connectivity index (χ1) is 8.61. The van der Waals surface area contributed by atoms with Gasteiger partial charge in [0.15, 0.2) is 0 Å². The molecule has 0 fully saturated rings. The van der Waals surface area contributed by atoms with Gasteiger partial charge in [0, 0.05) is 29.7 Å². The predicted molar refractivity (Wildman–Crippen MR) is 74.8 cm³/mol. The van der Waals surface area contributed by atoms with Crippen LogP contribution in [0.5, 0.6) is 0 Å². The molecule has 0 bridgehead atoms. The van der Waals surface area contributed by atoms with Gasteiger partial charge in [0.1, 0.15) is 0 Å². The van der Waals surface area contributed by atoms with Crippen LogP contribution in [-0.4, -0.2) is 21.1 Å². The minimum Gasteiger partial charge on any atom is -0.330 e. The third kappa shape index (κ3) is 2.79. The zero-order valence-corrected chi connectivity index (χ0v) is 11.9. The number of aryl methyl sites for hydroxylation is 1. The molecule has 0 saturated carbocycles. The van der Waals surface area contributed by atoms with Gasteiger partial charge in [0.25, 0.3) is 0 Å². The number of aromatic nitrogens is 3. The zero-order valence-electron chi connectivity index (χ0n) is 11.1. The van der Waals surface area contributed by atoms with Crippen molar-refractivity contribution in [3.8, 4) is 0 Å². The number of nitrogens with two attached hydrogens (primary N) is 1. The van der Waals surface area contributed by atoms with Crippen molar-refractivity contribution >= 4 is 11.3 Å².